The van der Waals surface area contributed by atoms with Crippen LogP contribution in [-0.2, 0) is 4.79 Å². The quantitative estimate of drug-likeness (QED) is 0.698. The van der Waals surface area contributed by atoms with Crippen LogP contribution in [0.25, 0.3) is 0 Å². The van der Waals surface area contributed by atoms with E-state index in [0.29, 0.717) is 0 Å². The first kappa shape index (κ1) is 10.2. The van der Waals surface area contributed by atoms with Crippen molar-refractivity contribution in [3.05, 3.63) is 12.2 Å². The Hall–Kier alpha value is -1.30. The zero-order valence-electron chi connectivity index (χ0n) is 8.83. The van der Waals surface area contributed by atoms with Gasteiger partial charge >= 0.3 is 0 Å². The molecule has 2 aliphatic rings. The molecular formula is C12H16N2O. The average Bonchev–Trinajstić information content (AvgIpc) is 2.18. The molecule has 0 saturated heterocycles. The molecule has 0 heterocycles. The van der Waals surface area contributed by atoms with Crippen LogP contribution in [0.4, 0.5) is 0 Å². The van der Waals surface area contributed by atoms with Crippen molar-refractivity contribution in [1.29, 1.82) is 5.26 Å². The Morgan fingerprint density at radius 1 is 1.47 bits per heavy atom. The van der Waals surface area contributed by atoms with Crippen LogP contribution in [-0.4, -0.2) is 11.9 Å². The van der Waals surface area contributed by atoms with Crippen LogP contribution in [0.2, 0.25) is 0 Å². The zero-order valence-corrected chi connectivity index (χ0v) is 8.83. The van der Waals surface area contributed by atoms with Crippen molar-refractivity contribution in [3.63, 3.8) is 0 Å². The van der Waals surface area contributed by atoms with E-state index < -0.39 is 5.41 Å². The van der Waals surface area contributed by atoms with Gasteiger partial charge in [0.2, 0.25) is 5.91 Å². The lowest BCUT2D eigenvalue weighted by molar-refractivity contribution is -0.132. The van der Waals surface area contributed by atoms with Gasteiger partial charge in [0.25, 0.3) is 0 Å². The molecule has 1 N–H and O–H groups in total. The molecule has 1 fully saturated rings. The minimum Gasteiger partial charge on any atom is -0.352 e. The van der Waals surface area contributed by atoms with E-state index in [0.717, 1.165) is 38.5 Å². The molecule has 0 aromatic rings. The van der Waals surface area contributed by atoms with Gasteiger partial charge in [0.1, 0.15) is 5.41 Å². The first-order valence-electron chi connectivity index (χ1n) is 5.64. The number of nitrogens with one attached hydrogen (secondary N) is 1. The van der Waals surface area contributed by atoms with Gasteiger partial charge in [0.05, 0.1) is 6.07 Å². The summed E-state index contributed by atoms with van der Waals surface area (Å²) in [5.41, 5.74) is -0.693. The van der Waals surface area contributed by atoms with Crippen molar-refractivity contribution in [2.75, 3.05) is 0 Å². The summed E-state index contributed by atoms with van der Waals surface area (Å²) < 4.78 is 0. The minimum atomic E-state index is -0.693. The topological polar surface area (TPSA) is 52.9 Å². The lowest BCUT2D eigenvalue weighted by atomic mass is 9.69. The molecule has 0 aliphatic heterocycles. The second-order valence-electron chi connectivity index (χ2n) is 4.50. The second-order valence-corrected chi connectivity index (χ2v) is 4.50. The molecule has 2 aliphatic carbocycles. The van der Waals surface area contributed by atoms with E-state index in [1.54, 1.807) is 0 Å². The largest absolute Gasteiger partial charge is 0.352 e. The molecule has 1 atom stereocenters. The van der Waals surface area contributed by atoms with Gasteiger partial charge in [-0.25, -0.2) is 0 Å². The molecule has 3 heteroatoms. The number of allylic oxidation sites excluding steroid dienone is 1. The van der Waals surface area contributed by atoms with Crippen LogP contribution in [0, 0.1) is 16.7 Å². The predicted molar refractivity (Wildman–Crippen MR) is 56.8 cm³/mol. The van der Waals surface area contributed by atoms with Crippen LogP contribution in [0.15, 0.2) is 12.2 Å². The van der Waals surface area contributed by atoms with Crippen LogP contribution in [0.1, 0.15) is 38.5 Å². The number of carbonyl (C=O) groups is 1. The number of amides is 1. The molecule has 0 aromatic carbocycles. The van der Waals surface area contributed by atoms with Gasteiger partial charge in [-0.05, 0) is 38.5 Å². The van der Waals surface area contributed by atoms with Crippen molar-refractivity contribution in [2.45, 2.75) is 44.6 Å². The molecule has 3 nitrogen and oxygen atoms in total. The highest BCUT2D eigenvalue weighted by Crippen LogP contribution is 2.40. The van der Waals surface area contributed by atoms with Crippen molar-refractivity contribution in [2.24, 2.45) is 5.41 Å². The van der Waals surface area contributed by atoms with E-state index >= 15 is 0 Å². The molecule has 0 spiro atoms. The fourth-order valence-corrected chi connectivity index (χ4v) is 2.17. The lowest BCUT2D eigenvalue weighted by Gasteiger charge is -2.35. The highest BCUT2D eigenvalue weighted by Gasteiger charge is 2.45. The van der Waals surface area contributed by atoms with Crippen LogP contribution in [0.3, 0.4) is 0 Å². The summed E-state index contributed by atoms with van der Waals surface area (Å²) in [6, 6.07) is 2.42. The summed E-state index contributed by atoms with van der Waals surface area (Å²) in [4.78, 5) is 11.9. The maximum absolute atomic E-state index is 11.9. The summed E-state index contributed by atoms with van der Waals surface area (Å²) in [5.74, 6) is -0.0449. The van der Waals surface area contributed by atoms with Gasteiger partial charge in [0, 0.05) is 6.04 Å². The molecule has 15 heavy (non-hydrogen) atoms. The van der Waals surface area contributed by atoms with Crippen LogP contribution in [0.5, 0.6) is 0 Å². The lowest BCUT2D eigenvalue weighted by Crippen LogP contribution is -2.48. The molecule has 0 bridgehead atoms. The Kier molecular flexibility index (Phi) is 2.77. The van der Waals surface area contributed by atoms with Crippen molar-refractivity contribution in [3.8, 4) is 6.07 Å². The van der Waals surface area contributed by atoms with Gasteiger partial charge < -0.3 is 5.32 Å². The Bertz CT molecular complexity index is 323. The van der Waals surface area contributed by atoms with Crippen molar-refractivity contribution >= 4 is 5.91 Å². The highest BCUT2D eigenvalue weighted by atomic mass is 16.2. The van der Waals surface area contributed by atoms with E-state index in [-0.39, 0.29) is 11.9 Å². The summed E-state index contributed by atoms with van der Waals surface area (Å²) in [7, 11) is 0. The van der Waals surface area contributed by atoms with E-state index in [1.165, 1.54) is 0 Å². The third-order valence-corrected chi connectivity index (χ3v) is 3.46. The first-order chi connectivity index (χ1) is 7.27. The van der Waals surface area contributed by atoms with Gasteiger partial charge in [0.15, 0.2) is 0 Å². The third-order valence-electron chi connectivity index (χ3n) is 3.46. The van der Waals surface area contributed by atoms with Crippen LogP contribution >= 0.6 is 0 Å². The van der Waals surface area contributed by atoms with E-state index in [2.05, 4.69) is 23.5 Å². The van der Waals surface area contributed by atoms with Crippen molar-refractivity contribution < 1.29 is 4.79 Å². The maximum Gasteiger partial charge on any atom is 0.240 e. The van der Waals surface area contributed by atoms with Gasteiger partial charge in [-0.1, -0.05) is 12.2 Å². The summed E-state index contributed by atoms with van der Waals surface area (Å²) in [5, 5.41) is 12.0. The molecular weight excluding hydrogens is 188 g/mol. The standard InChI is InChI=1S/C12H16N2O/c13-9-12(7-4-8-12)11(15)14-10-5-2-1-3-6-10/h1-2,10H,3-8H2,(H,14,15). The van der Waals surface area contributed by atoms with E-state index in [4.69, 9.17) is 5.26 Å². The highest BCUT2D eigenvalue weighted by molar-refractivity contribution is 5.86. The molecule has 1 unspecified atom stereocenters. The number of hydrogen-bond acceptors (Lipinski definition) is 2. The van der Waals surface area contributed by atoms with E-state index in [1.807, 2.05) is 0 Å². The second kappa shape index (κ2) is 4.06. The fraction of sp³-hybridized carbons (Fsp3) is 0.667. The molecule has 1 saturated carbocycles. The number of nitriles is 1. The molecule has 0 radical (unpaired) electrons. The molecule has 80 valence electrons. The number of carbonyl (C=O) groups excluding carboxylic acids is 1. The minimum absolute atomic E-state index is 0.0449. The predicted octanol–water partition coefficient (Wildman–Crippen LogP) is 1.91. The monoisotopic (exact) mass is 204 g/mol. The number of nitrogens with zero attached hydrogens (tertiary/aromatic N) is 1. The summed E-state index contributed by atoms with van der Waals surface area (Å²) in [6.07, 6.45) is 9.67. The number of rotatable bonds is 2. The Balaban J connectivity index is 1.92. The summed E-state index contributed by atoms with van der Waals surface area (Å²) >= 11 is 0. The molecule has 1 amide bonds. The van der Waals surface area contributed by atoms with Gasteiger partial charge in [-0.3, -0.25) is 4.79 Å². The van der Waals surface area contributed by atoms with Gasteiger partial charge in [-0.15, -0.1) is 0 Å². The molecule has 0 aromatic heterocycles. The average molecular weight is 204 g/mol. The third kappa shape index (κ3) is 1.90. The SMILES string of the molecule is N#CC1(C(=O)NC2CC=CCC2)CCC1. The normalized spacial score (nSPS) is 27.5. The summed E-state index contributed by atoms with van der Waals surface area (Å²) in [6.45, 7) is 0. The number of hydrogen-bond donors (Lipinski definition) is 1. The van der Waals surface area contributed by atoms with E-state index in [9.17, 15) is 4.79 Å². The van der Waals surface area contributed by atoms with Crippen molar-refractivity contribution in [1.82, 2.24) is 5.32 Å². The first-order valence-corrected chi connectivity index (χ1v) is 5.64. The fourth-order valence-electron chi connectivity index (χ4n) is 2.17. The smallest absolute Gasteiger partial charge is 0.240 e. The Morgan fingerprint density at radius 2 is 2.27 bits per heavy atom. The van der Waals surface area contributed by atoms with Crippen LogP contribution < -0.4 is 5.32 Å². The van der Waals surface area contributed by atoms with Gasteiger partial charge in [-0.2, -0.15) is 5.26 Å². The Morgan fingerprint density at radius 3 is 2.73 bits per heavy atom. The Labute approximate surface area is 90.2 Å². The zero-order chi connectivity index (χ0) is 10.7. The molecule has 2 rings (SSSR count). The maximum atomic E-state index is 11.9.